The van der Waals surface area contributed by atoms with Crippen LogP contribution in [-0.2, 0) is 9.47 Å². The molecule has 1 unspecified atom stereocenters. The van der Waals surface area contributed by atoms with Crippen molar-refractivity contribution < 1.29 is 9.47 Å². The van der Waals surface area contributed by atoms with Crippen molar-refractivity contribution >= 4 is 0 Å². The Morgan fingerprint density at radius 3 is 2.90 bits per heavy atom. The summed E-state index contributed by atoms with van der Waals surface area (Å²) in [7, 11) is 0. The third kappa shape index (κ3) is 1.05. The van der Waals surface area contributed by atoms with Gasteiger partial charge in [0.15, 0.2) is 0 Å². The number of nitrogens with one attached hydrogen (secondary N) is 1. The molecule has 3 nitrogen and oxygen atoms in total. The molecule has 2 aliphatic rings. The first-order valence-electron chi connectivity index (χ1n) is 3.88. The van der Waals surface area contributed by atoms with Crippen LogP contribution in [0.5, 0.6) is 0 Å². The van der Waals surface area contributed by atoms with Crippen LogP contribution in [0.1, 0.15) is 19.3 Å². The van der Waals surface area contributed by atoms with Crippen LogP contribution in [0.4, 0.5) is 0 Å². The van der Waals surface area contributed by atoms with Crippen molar-refractivity contribution in [2.45, 2.75) is 25.0 Å². The molecule has 0 amide bonds. The lowest BCUT2D eigenvalue weighted by molar-refractivity contribution is -0.0916. The van der Waals surface area contributed by atoms with Gasteiger partial charge in [-0.2, -0.15) is 0 Å². The molecule has 2 aliphatic heterocycles. The first-order chi connectivity index (χ1) is 4.91. The smallest absolute Gasteiger partial charge is 0.144 e. The maximum Gasteiger partial charge on any atom is 0.144 e. The highest BCUT2D eigenvalue weighted by Gasteiger charge is 2.36. The lowest BCUT2D eigenvalue weighted by Crippen LogP contribution is -2.47. The summed E-state index contributed by atoms with van der Waals surface area (Å²) >= 11 is 0. The maximum atomic E-state index is 5.59. The Morgan fingerprint density at radius 2 is 2.30 bits per heavy atom. The molecule has 58 valence electrons. The van der Waals surface area contributed by atoms with E-state index in [9.17, 15) is 0 Å². The third-order valence-corrected chi connectivity index (χ3v) is 2.18. The van der Waals surface area contributed by atoms with E-state index in [2.05, 4.69) is 5.32 Å². The van der Waals surface area contributed by atoms with Gasteiger partial charge in [0.05, 0.1) is 13.3 Å². The zero-order chi connectivity index (χ0) is 6.86. The predicted octanol–water partition coefficient (Wildman–Crippen LogP) is 0.460. The van der Waals surface area contributed by atoms with Crippen molar-refractivity contribution in [1.82, 2.24) is 5.32 Å². The first kappa shape index (κ1) is 6.58. The second kappa shape index (κ2) is 2.49. The largest absolute Gasteiger partial charge is 0.362 e. The van der Waals surface area contributed by atoms with E-state index in [1.165, 1.54) is 12.8 Å². The van der Waals surface area contributed by atoms with Gasteiger partial charge >= 0.3 is 0 Å². The van der Waals surface area contributed by atoms with Gasteiger partial charge in [0, 0.05) is 6.61 Å². The van der Waals surface area contributed by atoms with Gasteiger partial charge < -0.3 is 9.47 Å². The van der Waals surface area contributed by atoms with E-state index in [1.54, 1.807) is 0 Å². The minimum atomic E-state index is -0.0990. The Morgan fingerprint density at radius 1 is 1.30 bits per heavy atom. The van der Waals surface area contributed by atoms with Crippen LogP contribution < -0.4 is 5.32 Å². The average Bonchev–Trinajstić information content (AvgIpc) is 2.39. The molecule has 2 rings (SSSR count). The molecule has 1 atom stereocenters. The van der Waals surface area contributed by atoms with Crippen LogP contribution in [0.3, 0.4) is 0 Å². The van der Waals surface area contributed by atoms with Gasteiger partial charge in [-0.25, -0.2) is 0 Å². The van der Waals surface area contributed by atoms with Crippen LogP contribution in [-0.4, -0.2) is 25.7 Å². The molecule has 1 spiro atoms. The summed E-state index contributed by atoms with van der Waals surface area (Å²) in [4.78, 5) is 0. The van der Waals surface area contributed by atoms with Gasteiger partial charge in [0.25, 0.3) is 0 Å². The second-order valence-corrected chi connectivity index (χ2v) is 2.97. The minimum Gasteiger partial charge on any atom is -0.362 e. The van der Waals surface area contributed by atoms with Crippen molar-refractivity contribution in [2.75, 3.05) is 19.9 Å². The molecule has 2 fully saturated rings. The summed E-state index contributed by atoms with van der Waals surface area (Å²) in [5.41, 5.74) is -0.0990. The Labute approximate surface area is 60.7 Å². The molecule has 3 heteroatoms. The number of hydrogen-bond donors (Lipinski definition) is 1. The quantitative estimate of drug-likeness (QED) is 0.534. The minimum absolute atomic E-state index is 0.0990. The highest BCUT2D eigenvalue weighted by atomic mass is 16.6. The zero-order valence-corrected chi connectivity index (χ0v) is 6.06. The first-order valence-corrected chi connectivity index (χ1v) is 3.88. The van der Waals surface area contributed by atoms with Crippen molar-refractivity contribution in [3.8, 4) is 0 Å². The fourth-order valence-corrected chi connectivity index (χ4v) is 1.56. The van der Waals surface area contributed by atoms with Crippen LogP contribution in [0, 0.1) is 0 Å². The van der Waals surface area contributed by atoms with E-state index in [0.29, 0.717) is 6.73 Å². The van der Waals surface area contributed by atoms with Crippen molar-refractivity contribution in [3.63, 3.8) is 0 Å². The second-order valence-electron chi connectivity index (χ2n) is 2.97. The zero-order valence-electron chi connectivity index (χ0n) is 6.06. The fraction of sp³-hybridized carbons (Fsp3) is 1.00. The molecular weight excluding hydrogens is 130 g/mol. The van der Waals surface area contributed by atoms with E-state index < -0.39 is 0 Å². The summed E-state index contributed by atoms with van der Waals surface area (Å²) < 4.78 is 10.8. The Balaban J connectivity index is 1.98. The Bertz CT molecular complexity index is 113. The number of hydrogen-bond acceptors (Lipinski definition) is 3. The third-order valence-electron chi connectivity index (χ3n) is 2.18. The van der Waals surface area contributed by atoms with Gasteiger partial charge in [-0.1, -0.05) is 0 Å². The molecule has 0 radical (unpaired) electrons. The molecule has 0 aromatic heterocycles. The molecule has 0 bridgehead atoms. The molecule has 2 saturated heterocycles. The molecule has 1 N–H and O–H groups in total. The topological polar surface area (TPSA) is 30.5 Å². The lowest BCUT2D eigenvalue weighted by Gasteiger charge is -2.31. The average molecular weight is 143 g/mol. The predicted molar refractivity (Wildman–Crippen MR) is 36.5 cm³/mol. The summed E-state index contributed by atoms with van der Waals surface area (Å²) in [6.45, 7) is 2.27. The standard InChI is InChI=1S/C7H13NO2/c1-2-4-10-7(3-1)5-9-6-8-7/h8H,1-6H2. The van der Waals surface area contributed by atoms with E-state index in [0.717, 1.165) is 19.6 Å². The number of ether oxygens (including phenoxy) is 2. The van der Waals surface area contributed by atoms with Crippen molar-refractivity contribution in [2.24, 2.45) is 0 Å². The van der Waals surface area contributed by atoms with Gasteiger partial charge in [0.1, 0.15) is 5.72 Å². The summed E-state index contributed by atoms with van der Waals surface area (Å²) in [6, 6.07) is 0. The van der Waals surface area contributed by atoms with Crippen LogP contribution >= 0.6 is 0 Å². The van der Waals surface area contributed by atoms with E-state index >= 15 is 0 Å². The van der Waals surface area contributed by atoms with Crippen molar-refractivity contribution in [1.29, 1.82) is 0 Å². The SMILES string of the molecule is C1CCC2(COCN2)OC1. The molecule has 0 aliphatic carbocycles. The van der Waals surface area contributed by atoms with Crippen LogP contribution in [0.2, 0.25) is 0 Å². The summed E-state index contributed by atoms with van der Waals surface area (Å²) in [5.74, 6) is 0. The number of rotatable bonds is 0. The molecule has 0 saturated carbocycles. The highest BCUT2D eigenvalue weighted by molar-refractivity contribution is 4.82. The van der Waals surface area contributed by atoms with Gasteiger partial charge in [-0.3, -0.25) is 5.32 Å². The van der Waals surface area contributed by atoms with E-state index in [-0.39, 0.29) is 5.72 Å². The summed E-state index contributed by atoms with van der Waals surface area (Å²) in [5, 5.41) is 3.23. The van der Waals surface area contributed by atoms with Gasteiger partial charge in [-0.15, -0.1) is 0 Å². The van der Waals surface area contributed by atoms with E-state index in [1.807, 2.05) is 0 Å². The Hall–Kier alpha value is -0.120. The van der Waals surface area contributed by atoms with Crippen molar-refractivity contribution in [3.05, 3.63) is 0 Å². The maximum absolute atomic E-state index is 5.59. The Kier molecular flexibility index (Phi) is 1.64. The molecule has 0 aromatic carbocycles. The monoisotopic (exact) mass is 143 g/mol. The van der Waals surface area contributed by atoms with Crippen LogP contribution in [0.25, 0.3) is 0 Å². The molecule has 2 heterocycles. The van der Waals surface area contributed by atoms with Gasteiger partial charge in [0.2, 0.25) is 0 Å². The molecular formula is C7H13NO2. The lowest BCUT2D eigenvalue weighted by atomic mass is 10.0. The van der Waals surface area contributed by atoms with Gasteiger partial charge in [-0.05, 0) is 19.3 Å². The van der Waals surface area contributed by atoms with Crippen LogP contribution in [0.15, 0.2) is 0 Å². The van der Waals surface area contributed by atoms with E-state index in [4.69, 9.17) is 9.47 Å². The highest BCUT2D eigenvalue weighted by Crippen LogP contribution is 2.24. The summed E-state index contributed by atoms with van der Waals surface area (Å²) in [6.07, 6.45) is 3.56. The fourth-order valence-electron chi connectivity index (χ4n) is 1.56. The normalized spacial score (nSPS) is 40.8. The molecule has 0 aromatic rings. The molecule has 10 heavy (non-hydrogen) atoms.